The van der Waals surface area contributed by atoms with Gasteiger partial charge in [0.15, 0.2) is 0 Å². The number of hydrogen-bond donors (Lipinski definition) is 0. The maximum Gasteiger partial charge on any atom is 0.132 e. The molecule has 20 heavy (non-hydrogen) atoms. The molecule has 0 aliphatic rings. The highest BCUT2D eigenvalue weighted by atomic mass is 19.1. The second kappa shape index (κ2) is 9.18. The molecule has 0 atom stereocenters. The van der Waals surface area contributed by atoms with E-state index in [1.165, 1.54) is 6.07 Å². The smallest absolute Gasteiger partial charge is 0.132 e. The van der Waals surface area contributed by atoms with Crippen LogP contribution in [0.2, 0.25) is 0 Å². The van der Waals surface area contributed by atoms with E-state index < -0.39 is 0 Å². The van der Waals surface area contributed by atoms with Crippen molar-refractivity contribution in [2.45, 2.75) is 48.5 Å². The molecule has 0 N–H and O–H groups in total. The molecule has 0 aliphatic carbocycles. The lowest BCUT2D eigenvalue weighted by molar-refractivity contribution is 0.630. The minimum absolute atomic E-state index is 0.261. The summed E-state index contributed by atoms with van der Waals surface area (Å²) in [5.41, 5.74) is 4.07. The SMILES string of the molecule is CC.CC.Cc1nnc(-c2ccccc2F)c(C)c1C. The molecule has 0 saturated carbocycles. The Kier molecular flexibility index (Phi) is 8.37. The maximum absolute atomic E-state index is 13.6. The molecule has 1 heterocycles. The van der Waals surface area contributed by atoms with Crippen LogP contribution >= 0.6 is 0 Å². The highest BCUT2D eigenvalue weighted by Crippen LogP contribution is 2.25. The number of benzene rings is 1. The van der Waals surface area contributed by atoms with Crippen LogP contribution in [0.25, 0.3) is 11.3 Å². The lowest BCUT2D eigenvalue weighted by Gasteiger charge is -2.09. The van der Waals surface area contributed by atoms with Crippen molar-refractivity contribution in [2.24, 2.45) is 0 Å². The fraction of sp³-hybridized carbons (Fsp3) is 0.412. The third-order valence-corrected chi connectivity index (χ3v) is 2.89. The third-order valence-electron chi connectivity index (χ3n) is 2.89. The van der Waals surface area contributed by atoms with E-state index in [2.05, 4.69) is 10.2 Å². The topological polar surface area (TPSA) is 25.8 Å². The van der Waals surface area contributed by atoms with Crippen LogP contribution < -0.4 is 0 Å². The quantitative estimate of drug-likeness (QED) is 0.710. The lowest BCUT2D eigenvalue weighted by Crippen LogP contribution is -2.00. The Hall–Kier alpha value is -1.77. The minimum Gasteiger partial charge on any atom is -0.206 e. The van der Waals surface area contributed by atoms with Gasteiger partial charge in [0, 0.05) is 5.56 Å². The van der Waals surface area contributed by atoms with Crippen molar-refractivity contribution in [3.8, 4) is 11.3 Å². The first kappa shape index (κ1) is 18.2. The van der Waals surface area contributed by atoms with E-state index in [0.29, 0.717) is 11.3 Å². The monoisotopic (exact) mass is 276 g/mol. The molecule has 0 spiro atoms. The van der Waals surface area contributed by atoms with Crippen molar-refractivity contribution in [2.75, 3.05) is 0 Å². The van der Waals surface area contributed by atoms with Gasteiger partial charge in [0.1, 0.15) is 5.82 Å². The largest absolute Gasteiger partial charge is 0.206 e. The Bertz CT molecular complexity index is 537. The van der Waals surface area contributed by atoms with E-state index in [-0.39, 0.29) is 5.82 Å². The van der Waals surface area contributed by atoms with Gasteiger partial charge in [-0.3, -0.25) is 0 Å². The summed E-state index contributed by atoms with van der Waals surface area (Å²) in [4.78, 5) is 0. The number of rotatable bonds is 1. The molecule has 2 rings (SSSR count). The molecule has 0 bridgehead atoms. The molecule has 0 unspecified atom stereocenters. The van der Waals surface area contributed by atoms with Crippen molar-refractivity contribution in [1.29, 1.82) is 0 Å². The second-order valence-corrected chi connectivity index (χ2v) is 3.86. The van der Waals surface area contributed by atoms with Crippen LogP contribution in [0.3, 0.4) is 0 Å². The van der Waals surface area contributed by atoms with Gasteiger partial charge in [-0.1, -0.05) is 39.8 Å². The van der Waals surface area contributed by atoms with Crippen LogP contribution in [0.1, 0.15) is 44.5 Å². The highest BCUT2D eigenvalue weighted by molar-refractivity contribution is 5.64. The Balaban J connectivity index is 0.000000829. The van der Waals surface area contributed by atoms with E-state index in [1.807, 2.05) is 48.5 Å². The average Bonchev–Trinajstić information content (AvgIpc) is 2.50. The number of nitrogens with zero attached hydrogens (tertiary/aromatic N) is 2. The summed E-state index contributed by atoms with van der Waals surface area (Å²) >= 11 is 0. The van der Waals surface area contributed by atoms with E-state index in [0.717, 1.165) is 16.8 Å². The van der Waals surface area contributed by atoms with Gasteiger partial charge in [-0.05, 0) is 44.0 Å². The molecule has 110 valence electrons. The van der Waals surface area contributed by atoms with E-state index in [1.54, 1.807) is 18.2 Å². The fourth-order valence-electron chi connectivity index (χ4n) is 1.63. The van der Waals surface area contributed by atoms with Gasteiger partial charge in [-0.2, -0.15) is 5.10 Å². The molecule has 1 aromatic carbocycles. The first-order valence-electron chi connectivity index (χ1n) is 7.16. The summed E-state index contributed by atoms with van der Waals surface area (Å²) in [6.07, 6.45) is 0. The van der Waals surface area contributed by atoms with E-state index in [9.17, 15) is 4.39 Å². The first-order valence-corrected chi connectivity index (χ1v) is 7.16. The van der Waals surface area contributed by atoms with Crippen LogP contribution in [0.4, 0.5) is 4.39 Å². The van der Waals surface area contributed by atoms with Gasteiger partial charge in [0.25, 0.3) is 0 Å². The summed E-state index contributed by atoms with van der Waals surface area (Å²) in [7, 11) is 0. The molecule has 1 aromatic heterocycles. The lowest BCUT2D eigenvalue weighted by atomic mass is 10.0. The molecule has 0 radical (unpaired) electrons. The Morgan fingerprint density at radius 3 is 1.90 bits per heavy atom. The zero-order valence-electron chi connectivity index (χ0n) is 13.6. The molecule has 2 nitrogen and oxygen atoms in total. The van der Waals surface area contributed by atoms with Crippen molar-refractivity contribution < 1.29 is 4.39 Å². The molecule has 0 saturated heterocycles. The van der Waals surface area contributed by atoms with Gasteiger partial charge in [-0.15, -0.1) is 5.10 Å². The predicted molar refractivity (Wildman–Crippen MR) is 84.3 cm³/mol. The summed E-state index contributed by atoms with van der Waals surface area (Å²) in [6.45, 7) is 13.8. The standard InChI is InChI=1S/C13H13FN2.2C2H6/c1-8-9(2)13(16-15-10(8)3)11-6-4-5-7-12(11)14;2*1-2/h4-7H,1-3H3;2*1-2H3. The van der Waals surface area contributed by atoms with E-state index in [4.69, 9.17) is 0 Å². The van der Waals surface area contributed by atoms with Gasteiger partial charge in [0.2, 0.25) is 0 Å². The second-order valence-electron chi connectivity index (χ2n) is 3.86. The Labute approximate surface area is 122 Å². The average molecular weight is 276 g/mol. The number of hydrogen-bond acceptors (Lipinski definition) is 2. The molecule has 0 aliphatic heterocycles. The summed E-state index contributed by atoms with van der Waals surface area (Å²) < 4.78 is 13.6. The Morgan fingerprint density at radius 2 is 1.35 bits per heavy atom. The zero-order chi connectivity index (χ0) is 15.7. The highest BCUT2D eigenvalue weighted by Gasteiger charge is 2.12. The third kappa shape index (κ3) is 4.12. The van der Waals surface area contributed by atoms with Crippen molar-refractivity contribution in [3.05, 3.63) is 46.9 Å². The maximum atomic E-state index is 13.6. The first-order chi connectivity index (χ1) is 9.61. The summed E-state index contributed by atoms with van der Waals surface area (Å²) in [6, 6.07) is 6.63. The van der Waals surface area contributed by atoms with E-state index >= 15 is 0 Å². The Morgan fingerprint density at radius 1 is 0.800 bits per heavy atom. The van der Waals surface area contributed by atoms with Crippen molar-refractivity contribution >= 4 is 0 Å². The van der Waals surface area contributed by atoms with Crippen LogP contribution in [0, 0.1) is 26.6 Å². The number of halogens is 1. The van der Waals surface area contributed by atoms with Crippen LogP contribution in [0.15, 0.2) is 24.3 Å². The van der Waals surface area contributed by atoms with Crippen LogP contribution in [-0.4, -0.2) is 10.2 Å². The van der Waals surface area contributed by atoms with Gasteiger partial charge in [-0.25, -0.2) is 4.39 Å². The predicted octanol–water partition coefficient (Wildman–Crippen LogP) is 5.26. The summed E-state index contributed by atoms with van der Waals surface area (Å²) in [5, 5.41) is 8.12. The van der Waals surface area contributed by atoms with Gasteiger partial charge >= 0.3 is 0 Å². The molecule has 3 heteroatoms. The van der Waals surface area contributed by atoms with Gasteiger partial charge in [0.05, 0.1) is 11.4 Å². The van der Waals surface area contributed by atoms with Crippen molar-refractivity contribution in [3.63, 3.8) is 0 Å². The zero-order valence-corrected chi connectivity index (χ0v) is 13.6. The minimum atomic E-state index is -0.261. The molecular weight excluding hydrogens is 251 g/mol. The normalized spacial score (nSPS) is 9.00. The molecular formula is C17H25FN2. The fourth-order valence-corrected chi connectivity index (χ4v) is 1.63. The van der Waals surface area contributed by atoms with Gasteiger partial charge < -0.3 is 0 Å². The molecule has 2 aromatic rings. The summed E-state index contributed by atoms with van der Waals surface area (Å²) in [5.74, 6) is -0.261. The van der Waals surface area contributed by atoms with Crippen LogP contribution in [-0.2, 0) is 0 Å². The number of aryl methyl sites for hydroxylation is 1. The number of aromatic nitrogens is 2. The molecule has 0 amide bonds. The van der Waals surface area contributed by atoms with Crippen LogP contribution in [0.5, 0.6) is 0 Å². The van der Waals surface area contributed by atoms with Crippen molar-refractivity contribution in [1.82, 2.24) is 10.2 Å². The molecule has 0 fully saturated rings.